The van der Waals surface area contributed by atoms with Crippen LogP contribution in [0.3, 0.4) is 0 Å². The molecule has 2 atom stereocenters. The minimum atomic E-state index is -3.84. The fourth-order valence-electron chi connectivity index (χ4n) is 1.35. The van der Waals surface area contributed by atoms with Gasteiger partial charge in [0.2, 0.25) is 0 Å². The molecule has 5 N–H and O–H groups in total. The standard InChI is InChI=1S/C9H20N6O4S/c1-2-6-12-20(18,19)14-7(9(16)17)4-3-5-8(10)13-15-11/h7-8,12,14H,2-6,10H2,1H3,(H,16,17)/t7-,8?/m0/s1. The Bertz CT molecular complexity index is 447. The highest BCUT2D eigenvalue weighted by molar-refractivity contribution is 7.87. The third-order valence-electron chi connectivity index (χ3n) is 2.33. The van der Waals surface area contributed by atoms with Crippen molar-refractivity contribution in [3.8, 4) is 0 Å². The lowest BCUT2D eigenvalue weighted by Gasteiger charge is -2.15. The molecule has 0 fully saturated rings. The van der Waals surface area contributed by atoms with Gasteiger partial charge < -0.3 is 10.8 Å². The molecule has 116 valence electrons. The molecule has 11 heteroatoms. The van der Waals surface area contributed by atoms with Crippen molar-refractivity contribution in [3.63, 3.8) is 0 Å². The van der Waals surface area contributed by atoms with Crippen LogP contribution in [0.5, 0.6) is 0 Å². The van der Waals surface area contributed by atoms with Crippen LogP contribution >= 0.6 is 0 Å². The topological polar surface area (TPSA) is 170 Å². The highest BCUT2D eigenvalue weighted by Crippen LogP contribution is 2.05. The van der Waals surface area contributed by atoms with Crippen LogP contribution in [0.1, 0.15) is 32.6 Å². The van der Waals surface area contributed by atoms with Gasteiger partial charge in [0.05, 0.1) is 6.17 Å². The zero-order valence-corrected chi connectivity index (χ0v) is 12.0. The van der Waals surface area contributed by atoms with Gasteiger partial charge in [-0.1, -0.05) is 12.0 Å². The zero-order valence-electron chi connectivity index (χ0n) is 11.2. The van der Waals surface area contributed by atoms with Crippen molar-refractivity contribution >= 4 is 16.2 Å². The Kier molecular flexibility index (Phi) is 8.84. The molecule has 0 aliphatic rings. The highest BCUT2D eigenvalue weighted by atomic mass is 32.2. The average molecular weight is 308 g/mol. The molecule has 0 amide bonds. The molecule has 0 saturated carbocycles. The average Bonchev–Trinajstić information content (AvgIpc) is 2.35. The van der Waals surface area contributed by atoms with E-state index in [9.17, 15) is 13.2 Å². The third kappa shape index (κ3) is 8.67. The summed E-state index contributed by atoms with van der Waals surface area (Å²) in [6, 6.07) is -1.25. The number of nitrogens with one attached hydrogen (secondary N) is 2. The predicted octanol–water partition coefficient (Wildman–Crippen LogP) is 0.0390. The molecule has 0 bridgehead atoms. The maximum absolute atomic E-state index is 11.5. The number of hydrogen-bond acceptors (Lipinski definition) is 5. The van der Waals surface area contributed by atoms with Gasteiger partial charge in [-0.2, -0.15) is 13.1 Å². The molecule has 0 aliphatic carbocycles. The lowest BCUT2D eigenvalue weighted by molar-refractivity contribution is -0.139. The summed E-state index contributed by atoms with van der Waals surface area (Å²) in [5.41, 5.74) is 13.6. The van der Waals surface area contributed by atoms with Crippen LogP contribution in [0.2, 0.25) is 0 Å². The summed E-state index contributed by atoms with van der Waals surface area (Å²) in [5, 5.41) is 12.2. The van der Waals surface area contributed by atoms with Gasteiger partial charge in [-0.3, -0.25) is 4.79 Å². The molecule has 0 aromatic carbocycles. The molecule has 0 spiro atoms. The first-order valence-corrected chi connectivity index (χ1v) is 7.60. The normalized spacial score (nSPS) is 14.3. The summed E-state index contributed by atoms with van der Waals surface area (Å²) in [6.45, 7) is 2.01. The lowest BCUT2D eigenvalue weighted by atomic mass is 10.1. The van der Waals surface area contributed by atoms with Gasteiger partial charge in [0.25, 0.3) is 10.2 Å². The summed E-state index contributed by atoms with van der Waals surface area (Å²) in [4.78, 5) is 13.5. The maximum Gasteiger partial charge on any atom is 0.321 e. The summed E-state index contributed by atoms with van der Waals surface area (Å²) in [6.07, 6.45) is 0.492. The Hall–Kier alpha value is -1.39. The van der Waals surface area contributed by atoms with Crippen molar-refractivity contribution in [3.05, 3.63) is 10.4 Å². The van der Waals surface area contributed by atoms with Crippen molar-refractivity contribution in [2.24, 2.45) is 10.8 Å². The number of azide groups is 1. The van der Waals surface area contributed by atoms with Crippen molar-refractivity contribution in [2.75, 3.05) is 6.54 Å². The van der Waals surface area contributed by atoms with Gasteiger partial charge in [0, 0.05) is 11.5 Å². The lowest BCUT2D eigenvalue weighted by Crippen LogP contribution is -2.46. The molecule has 0 radical (unpaired) electrons. The summed E-state index contributed by atoms with van der Waals surface area (Å²) >= 11 is 0. The first-order chi connectivity index (χ1) is 9.32. The van der Waals surface area contributed by atoms with Crippen molar-refractivity contribution in [2.45, 2.75) is 44.8 Å². The molecule has 0 saturated heterocycles. The van der Waals surface area contributed by atoms with Crippen LogP contribution in [-0.4, -0.2) is 38.2 Å². The summed E-state index contributed by atoms with van der Waals surface area (Å²) < 4.78 is 27.3. The number of nitrogens with two attached hydrogens (primary N) is 1. The predicted molar refractivity (Wildman–Crippen MR) is 72.7 cm³/mol. The van der Waals surface area contributed by atoms with E-state index in [1.165, 1.54) is 0 Å². The quantitative estimate of drug-likeness (QED) is 0.239. The van der Waals surface area contributed by atoms with Gasteiger partial charge in [0.1, 0.15) is 6.04 Å². The fraction of sp³-hybridized carbons (Fsp3) is 0.889. The number of carboxylic acids is 1. The zero-order chi connectivity index (χ0) is 15.6. The first-order valence-electron chi connectivity index (χ1n) is 6.12. The highest BCUT2D eigenvalue weighted by Gasteiger charge is 2.23. The van der Waals surface area contributed by atoms with Gasteiger partial charge in [0.15, 0.2) is 0 Å². The Morgan fingerprint density at radius 2 is 2.15 bits per heavy atom. The fourth-order valence-corrected chi connectivity index (χ4v) is 2.50. The Morgan fingerprint density at radius 3 is 2.65 bits per heavy atom. The number of nitrogens with zero attached hydrogens (tertiary/aromatic N) is 3. The van der Waals surface area contributed by atoms with Crippen LogP contribution < -0.4 is 15.2 Å². The van der Waals surface area contributed by atoms with E-state index in [0.717, 1.165) is 0 Å². The van der Waals surface area contributed by atoms with Gasteiger partial charge >= 0.3 is 5.97 Å². The molecule has 20 heavy (non-hydrogen) atoms. The number of carboxylic acid groups (broad SMARTS) is 1. The van der Waals surface area contributed by atoms with Crippen molar-refractivity contribution in [1.29, 1.82) is 0 Å². The molecular weight excluding hydrogens is 288 g/mol. The molecule has 0 aromatic rings. The largest absolute Gasteiger partial charge is 0.480 e. The number of rotatable bonds is 11. The Balaban J connectivity index is 4.37. The van der Waals surface area contributed by atoms with Gasteiger partial charge in [-0.15, -0.1) is 0 Å². The van der Waals surface area contributed by atoms with Gasteiger partial charge in [-0.05, 0) is 31.2 Å². The van der Waals surface area contributed by atoms with E-state index in [-0.39, 0.29) is 19.4 Å². The van der Waals surface area contributed by atoms with Gasteiger partial charge in [-0.25, -0.2) is 4.72 Å². The first kappa shape index (κ1) is 18.6. The number of aliphatic carboxylic acids is 1. The third-order valence-corrected chi connectivity index (χ3v) is 3.51. The second kappa shape index (κ2) is 9.50. The van der Waals surface area contributed by atoms with Crippen LogP contribution in [0, 0.1) is 0 Å². The number of hydrogen-bond donors (Lipinski definition) is 4. The second-order valence-corrected chi connectivity index (χ2v) is 5.64. The van der Waals surface area contributed by atoms with E-state index in [4.69, 9.17) is 16.4 Å². The van der Waals surface area contributed by atoms with E-state index < -0.39 is 28.4 Å². The smallest absolute Gasteiger partial charge is 0.321 e. The molecule has 10 nitrogen and oxygen atoms in total. The van der Waals surface area contributed by atoms with Crippen LogP contribution in [-0.2, 0) is 15.0 Å². The monoisotopic (exact) mass is 308 g/mol. The second-order valence-electron chi connectivity index (χ2n) is 4.11. The minimum Gasteiger partial charge on any atom is -0.480 e. The van der Waals surface area contributed by atoms with Crippen LogP contribution in [0.15, 0.2) is 5.11 Å². The molecule has 1 unspecified atom stereocenters. The Morgan fingerprint density at radius 1 is 1.50 bits per heavy atom. The van der Waals surface area contributed by atoms with E-state index in [2.05, 4.69) is 19.5 Å². The van der Waals surface area contributed by atoms with Crippen molar-refractivity contribution < 1.29 is 18.3 Å². The minimum absolute atomic E-state index is 0.0526. The molecule has 0 aromatic heterocycles. The Labute approximate surface area is 117 Å². The molecular formula is C9H20N6O4S. The maximum atomic E-state index is 11.5. The molecule has 0 heterocycles. The van der Waals surface area contributed by atoms with Crippen molar-refractivity contribution in [1.82, 2.24) is 9.44 Å². The van der Waals surface area contributed by atoms with E-state index in [0.29, 0.717) is 12.8 Å². The van der Waals surface area contributed by atoms with E-state index in [1.807, 2.05) is 0 Å². The molecule has 0 aliphatic heterocycles. The van der Waals surface area contributed by atoms with Crippen LogP contribution in [0.25, 0.3) is 10.4 Å². The molecule has 0 rings (SSSR count). The number of carbonyl (C=O) groups is 1. The summed E-state index contributed by atoms with van der Waals surface area (Å²) in [7, 11) is -3.84. The SMILES string of the molecule is CCCNS(=O)(=O)N[C@@H](CCCC(N)N=[N+]=[N-])C(=O)O. The van der Waals surface area contributed by atoms with Crippen LogP contribution in [0.4, 0.5) is 0 Å². The van der Waals surface area contributed by atoms with E-state index >= 15 is 0 Å². The summed E-state index contributed by atoms with van der Waals surface area (Å²) in [5.74, 6) is -1.27. The van der Waals surface area contributed by atoms with E-state index in [1.54, 1.807) is 6.92 Å².